The number of likely N-dealkylation sites (tertiary alicyclic amines) is 1. The maximum atomic E-state index is 14.0. The van der Waals surface area contributed by atoms with Crippen LogP contribution in [0.1, 0.15) is 61.4 Å². The lowest BCUT2D eigenvalue weighted by Gasteiger charge is -2.32. The van der Waals surface area contributed by atoms with Gasteiger partial charge in [-0.1, -0.05) is 56.3 Å². The molecule has 1 aliphatic rings. The average molecular weight is 592 g/mol. The lowest BCUT2D eigenvalue weighted by atomic mass is 9.91. The van der Waals surface area contributed by atoms with Crippen LogP contribution in [0, 0.1) is 19.8 Å². The number of methoxy groups -OCH3 is 1. The van der Waals surface area contributed by atoms with Gasteiger partial charge < -0.3 is 19.7 Å². The standard InChI is InChI=1S/C34H42FN3O5/c1-22(2)16-29(38-20-25(12-13-30(38)39)19-37-15-14-28(35)21-37)33(41)36-34(42,18-31(40)43-5)27-11-7-10-26(17-27)32-23(3)8-6-9-24(32)4/h6-13,17,20,22,28-29,42H,14-16,18-19,21H2,1-5H3,(H,36,41)/t28-,29?,34+/m1/s1. The Morgan fingerprint density at radius 2 is 1.81 bits per heavy atom. The van der Waals surface area contributed by atoms with Crippen molar-refractivity contribution in [2.45, 2.75) is 71.4 Å². The Balaban J connectivity index is 1.71. The number of amides is 1. The van der Waals surface area contributed by atoms with Gasteiger partial charge in [-0.25, -0.2) is 4.39 Å². The molecule has 0 spiro atoms. The van der Waals surface area contributed by atoms with Gasteiger partial charge >= 0.3 is 5.97 Å². The van der Waals surface area contributed by atoms with E-state index >= 15 is 0 Å². The number of hydrogen-bond acceptors (Lipinski definition) is 6. The molecule has 2 aromatic carbocycles. The molecule has 2 heterocycles. The molecule has 230 valence electrons. The molecule has 0 saturated carbocycles. The molecule has 1 saturated heterocycles. The van der Waals surface area contributed by atoms with Crippen molar-refractivity contribution in [3.8, 4) is 11.1 Å². The van der Waals surface area contributed by atoms with Gasteiger partial charge in [0, 0.05) is 37.5 Å². The van der Waals surface area contributed by atoms with E-state index in [-0.39, 0.29) is 11.5 Å². The molecule has 1 aromatic heterocycles. The van der Waals surface area contributed by atoms with E-state index in [0.29, 0.717) is 38.0 Å². The fraction of sp³-hybridized carbons (Fsp3) is 0.441. The highest BCUT2D eigenvalue weighted by Gasteiger charge is 2.38. The average Bonchev–Trinajstić information content (AvgIpc) is 3.36. The van der Waals surface area contributed by atoms with E-state index in [4.69, 9.17) is 4.74 Å². The van der Waals surface area contributed by atoms with Crippen molar-refractivity contribution in [3.05, 3.63) is 93.4 Å². The summed E-state index contributed by atoms with van der Waals surface area (Å²) < 4.78 is 20.0. The Bertz CT molecular complexity index is 1500. The zero-order chi connectivity index (χ0) is 31.3. The first kappa shape index (κ1) is 32.1. The second kappa shape index (κ2) is 13.7. The second-order valence-electron chi connectivity index (χ2n) is 12.0. The van der Waals surface area contributed by atoms with Crippen molar-refractivity contribution in [1.29, 1.82) is 0 Å². The summed E-state index contributed by atoms with van der Waals surface area (Å²) in [6.07, 6.45) is 1.02. The monoisotopic (exact) mass is 591 g/mol. The maximum Gasteiger partial charge on any atom is 0.310 e. The molecule has 8 nitrogen and oxygen atoms in total. The first-order valence-corrected chi connectivity index (χ1v) is 14.8. The van der Waals surface area contributed by atoms with Crippen LogP contribution in [-0.4, -0.2) is 52.8 Å². The molecule has 1 unspecified atom stereocenters. The predicted molar refractivity (Wildman–Crippen MR) is 164 cm³/mol. The zero-order valence-electron chi connectivity index (χ0n) is 25.6. The van der Waals surface area contributed by atoms with Crippen LogP contribution in [0.15, 0.2) is 65.6 Å². The molecule has 3 atom stereocenters. The third-order valence-corrected chi connectivity index (χ3v) is 8.02. The highest BCUT2D eigenvalue weighted by molar-refractivity contribution is 5.82. The molecule has 9 heteroatoms. The van der Waals surface area contributed by atoms with Crippen LogP contribution in [0.25, 0.3) is 11.1 Å². The van der Waals surface area contributed by atoms with Crippen LogP contribution in [0.3, 0.4) is 0 Å². The van der Waals surface area contributed by atoms with E-state index in [1.807, 2.05) is 56.9 Å². The van der Waals surface area contributed by atoms with Crippen LogP contribution in [0.4, 0.5) is 4.39 Å². The molecule has 4 rings (SSSR count). The van der Waals surface area contributed by atoms with Gasteiger partial charge in [-0.2, -0.15) is 0 Å². The van der Waals surface area contributed by atoms with Crippen LogP contribution in [0.2, 0.25) is 0 Å². The van der Waals surface area contributed by atoms with E-state index in [9.17, 15) is 23.9 Å². The number of nitrogens with one attached hydrogen (secondary N) is 1. The first-order chi connectivity index (χ1) is 20.4. The number of aryl methyl sites for hydroxylation is 2. The number of halogens is 1. The lowest BCUT2D eigenvalue weighted by Crippen LogP contribution is -2.51. The number of nitrogens with zero attached hydrogens (tertiary/aromatic N) is 2. The lowest BCUT2D eigenvalue weighted by molar-refractivity contribution is -0.151. The number of rotatable bonds is 11. The Labute approximate surface area is 252 Å². The molecule has 2 N–H and O–H groups in total. The number of alkyl halides is 1. The van der Waals surface area contributed by atoms with Gasteiger partial charge in [0.25, 0.3) is 5.56 Å². The van der Waals surface area contributed by atoms with Crippen LogP contribution >= 0.6 is 0 Å². The molecule has 3 aromatic rings. The minimum atomic E-state index is -2.11. The Hall–Kier alpha value is -3.82. The summed E-state index contributed by atoms with van der Waals surface area (Å²) in [6, 6.07) is 15.2. The number of hydrogen-bond donors (Lipinski definition) is 2. The smallest absolute Gasteiger partial charge is 0.310 e. The molecular weight excluding hydrogens is 549 g/mol. The maximum absolute atomic E-state index is 14.0. The minimum Gasteiger partial charge on any atom is -0.469 e. The summed E-state index contributed by atoms with van der Waals surface area (Å²) in [5, 5.41) is 14.7. The van der Waals surface area contributed by atoms with Gasteiger partial charge in [-0.05, 0) is 66.5 Å². The van der Waals surface area contributed by atoms with Crippen molar-refractivity contribution in [2.24, 2.45) is 5.92 Å². The highest BCUT2D eigenvalue weighted by Crippen LogP contribution is 2.32. The number of esters is 1. The number of pyridine rings is 1. The molecule has 0 bridgehead atoms. The zero-order valence-corrected chi connectivity index (χ0v) is 25.6. The quantitative estimate of drug-likeness (QED) is 0.246. The summed E-state index contributed by atoms with van der Waals surface area (Å²) in [5.41, 5.74) is 2.52. The predicted octanol–water partition coefficient (Wildman–Crippen LogP) is 4.79. The van der Waals surface area contributed by atoms with E-state index in [2.05, 4.69) is 5.32 Å². The summed E-state index contributed by atoms with van der Waals surface area (Å²) in [5.74, 6) is -1.29. The van der Waals surface area contributed by atoms with Gasteiger partial charge in [0.15, 0.2) is 5.72 Å². The van der Waals surface area contributed by atoms with Gasteiger partial charge in [-0.3, -0.25) is 19.3 Å². The molecule has 1 aliphatic heterocycles. The van der Waals surface area contributed by atoms with Crippen LogP contribution < -0.4 is 10.9 Å². The number of aromatic nitrogens is 1. The van der Waals surface area contributed by atoms with Crippen molar-refractivity contribution >= 4 is 11.9 Å². The topological polar surface area (TPSA) is 101 Å². The fourth-order valence-corrected chi connectivity index (χ4v) is 5.86. The van der Waals surface area contributed by atoms with Crippen molar-refractivity contribution < 1.29 is 23.8 Å². The largest absolute Gasteiger partial charge is 0.469 e. The van der Waals surface area contributed by atoms with Gasteiger partial charge in [0.05, 0.1) is 13.5 Å². The summed E-state index contributed by atoms with van der Waals surface area (Å²) in [6.45, 7) is 9.28. The molecule has 1 fully saturated rings. The number of carbonyl (C=O) groups is 2. The van der Waals surface area contributed by atoms with Crippen LogP contribution in [0.5, 0.6) is 0 Å². The summed E-state index contributed by atoms with van der Waals surface area (Å²) in [4.78, 5) is 41.6. The Kier molecular flexibility index (Phi) is 10.2. The van der Waals surface area contributed by atoms with Crippen molar-refractivity contribution in [1.82, 2.24) is 14.8 Å². The van der Waals surface area contributed by atoms with Gasteiger partial charge in [0.2, 0.25) is 5.91 Å². The molecule has 1 amide bonds. The number of carbonyl (C=O) groups excluding carboxylic acids is 2. The number of ether oxygens (including phenoxy) is 1. The van der Waals surface area contributed by atoms with E-state index < -0.39 is 36.2 Å². The van der Waals surface area contributed by atoms with E-state index in [1.54, 1.807) is 30.5 Å². The number of benzene rings is 2. The van der Waals surface area contributed by atoms with Crippen molar-refractivity contribution in [3.63, 3.8) is 0 Å². The number of aliphatic hydroxyl groups is 1. The van der Waals surface area contributed by atoms with Crippen molar-refractivity contribution in [2.75, 3.05) is 20.2 Å². The van der Waals surface area contributed by atoms with Crippen LogP contribution in [-0.2, 0) is 26.6 Å². The van der Waals surface area contributed by atoms with E-state index in [1.165, 1.54) is 17.7 Å². The second-order valence-corrected chi connectivity index (χ2v) is 12.0. The van der Waals surface area contributed by atoms with Gasteiger partial charge in [-0.15, -0.1) is 0 Å². The summed E-state index contributed by atoms with van der Waals surface area (Å²) in [7, 11) is 1.22. The normalized spacial score (nSPS) is 17.4. The summed E-state index contributed by atoms with van der Waals surface area (Å²) >= 11 is 0. The first-order valence-electron chi connectivity index (χ1n) is 14.8. The SMILES string of the molecule is COC(=O)C[C@@](O)(NC(=O)C(CC(C)C)n1cc(CN2CC[C@@H](F)C2)ccc1=O)c1cccc(-c2c(C)cccc2C)c1. The molecule has 0 aliphatic carbocycles. The Morgan fingerprint density at radius 3 is 2.44 bits per heavy atom. The minimum absolute atomic E-state index is 0.0262. The third-order valence-electron chi connectivity index (χ3n) is 8.02. The third kappa shape index (κ3) is 7.77. The Morgan fingerprint density at radius 1 is 1.12 bits per heavy atom. The molecule has 43 heavy (non-hydrogen) atoms. The highest BCUT2D eigenvalue weighted by atomic mass is 19.1. The fourth-order valence-electron chi connectivity index (χ4n) is 5.86. The molecule has 0 radical (unpaired) electrons. The van der Waals surface area contributed by atoms with E-state index in [0.717, 1.165) is 27.8 Å². The molecular formula is C34H42FN3O5. The van der Waals surface area contributed by atoms with Gasteiger partial charge in [0.1, 0.15) is 12.2 Å².